The first-order valence-electron chi connectivity index (χ1n) is 5.58. The molecule has 0 amide bonds. The van der Waals surface area contributed by atoms with E-state index in [0.29, 0.717) is 22.0 Å². The number of nitrogens with one attached hydrogen (secondary N) is 1. The number of benzene rings is 1. The second kappa shape index (κ2) is 4.93. The summed E-state index contributed by atoms with van der Waals surface area (Å²) in [6.07, 6.45) is 0. The molecule has 2 rings (SSSR count). The molecule has 0 atom stereocenters. The largest absolute Gasteiger partial charge is 0.494 e. The number of aryl methyl sites for hydroxylation is 1. The number of hydrogen-bond donors (Lipinski definition) is 2. The van der Waals surface area contributed by atoms with Crippen molar-refractivity contribution in [3.63, 3.8) is 0 Å². The van der Waals surface area contributed by atoms with E-state index in [0.717, 1.165) is 11.1 Å². The normalized spacial score (nSPS) is 10.5. The van der Waals surface area contributed by atoms with Crippen molar-refractivity contribution in [2.24, 2.45) is 0 Å². The number of aromatic nitrogens is 2. The van der Waals surface area contributed by atoms with Crippen LogP contribution >= 0.6 is 11.6 Å². The number of methoxy groups -OCH3 is 1. The molecule has 2 N–H and O–H groups in total. The first kappa shape index (κ1) is 13.4. The minimum Gasteiger partial charge on any atom is -0.494 e. The lowest BCUT2D eigenvalue weighted by molar-refractivity contribution is 0.0690. The lowest BCUT2D eigenvalue weighted by Crippen LogP contribution is -1.95. The molecular weight excluding hydrogens is 268 g/mol. The van der Waals surface area contributed by atoms with Gasteiger partial charge in [0, 0.05) is 5.56 Å². The highest BCUT2D eigenvalue weighted by atomic mass is 35.5. The third-order valence-electron chi connectivity index (χ3n) is 3.01. The molecule has 0 saturated carbocycles. The summed E-state index contributed by atoms with van der Waals surface area (Å²) in [6, 6.07) is 3.33. The standard InChI is InChI=1S/C13H13ClN2O3/c1-6-4-8(12(19-3)11(14)7(6)2)9-5-10(13(17)18)16-15-9/h4-5H,1-3H3,(H,15,16)(H,17,18). The van der Waals surface area contributed by atoms with Gasteiger partial charge in [-0.15, -0.1) is 0 Å². The van der Waals surface area contributed by atoms with Gasteiger partial charge in [-0.2, -0.15) is 5.10 Å². The van der Waals surface area contributed by atoms with Crippen molar-refractivity contribution in [2.45, 2.75) is 13.8 Å². The van der Waals surface area contributed by atoms with Crippen LogP contribution < -0.4 is 4.74 Å². The predicted octanol–water partition coefficient (Wildman–Crippen LogP) is 3.05. The Balaban J connectivity index is 2.63. The highest BCUT2D eigenvalue weighted by Gasteiger charge is 2.18. The zero-order chi connectivity index (χ0) is 14.2. The van der Waals surface area contributed by atoms with Gasteiger partial charge in [0.2, 0.25) is 0 Å². The van der Waals surface area contributed by atoms with E-state index in [4.69, 9.17) is 21.4 Å². The van der Waals surface area contributed by atoms with Gasteiger partial charge in [0.1, 0.15) is 11.4 Å². The van der Waals surface area contributed by atoms with Crippen LogP contribution in [0.1, 0.15) is 21.6 Å². The fourth-order valence-corrected chi connectivity index (χ4v) is 2.14. The molecule has 5 nitrogen and oxygen atoms in total. The number of ether oxygens (including phenoxy) is 1. The van der Waals surface area contributed by atoms with Gasteiger partial charge in [0.25, 0.3) is 0 Å². The van der Waals surface area contributed by atoms with E-state index >= 15 is 0 Å². The molecule has 0 aliphatic carbocycles. The average Bonchev–Trinajstić information content (AvgIpc) is 2.85. The van der Waals surface area contributed by atoms with Crippen molar-refractivity contribution >= 4 is 17.6 Å². The molecule has 0 saturated heterocycles. The van der Waals surface area contributed by atoms with Crippen LogP contribution in [0.2, 0.25) is 5.02 Å². The second-order valence-corrected chi connectivity index (χ2v) is 4.56. The minimum atomic E-state index is -1.06. The summed E-state index contributed by atoms with van der Waals surface area (Å²) in [4.78, 5) is 10.9. The molecule has 0 aliphatic rings. The van der Waals surface area contributed by atoms with Crippen LogP contribution in [-0.4, -0.2) is 28.4 Å². The van der Waals surface area contributed by atoms with E-state index in [1.807, 2.05) is 19.9 Å². The highest BCUT2D eigenvalue weighted by Crippen LogP contribution is 2.39. The van der Waals surface area contributed by atoms with Crippen molar-refractivity contribution in [3.8, 4) is 17.0 Å². The first-order valence-corrected chi connectivity index (χ1v) is 5.96. The van der Waals surface area contributed by atoms with Crippen molar-refractivity contribution in [1.82, 2.24) is 10.2 Å². The average molecular weight is 281 g/mol. The van der Waals surface area contributed by atoms with E-state index in [9.17, 15) is 4.79 Å². The summed E-state index contributed by atoms with van der Waals surface area (Å²) < 4.78 is 5.30. The van der Waals surface area contributed by atoms with Crippen LogP contribution in [0, 0.1) is 13.8 Å². The Morgan fingerprint density at radius 1 is 1.42 bits per heavy atom. The number of halogens is 1. The molecule has 0 fully saturated rings. The Hall–Kier alpha value is -2.01. The zero-order valence-corrected chi connectivity index (χ0v) is 11.5. The van der Waals surface area contributed by atoms with E-state index in [1.54, 1.807) is 0 Å². The summed E-state index contributed by atoms with van der Waals surface area (Å²) in [5.41, 5.74) is 3.09. The van der Waals surface area contributed by atoms with Gasteiger partial charge in [-0.05, 0) is 37.1 Å². The quantitative estimate of drug-likeness (QED) is 0.906. The predicted molar refractivity (Wildman–Crippen MR) is 72.0 cm³/mol. The van der Waals surface area contributed by atoms with Crippen molar-refractivity contribution in [3.05, 3.63) is 34.0 Å². The van der Waals surface area contributed by atoms with Crippen molar-refractivity contribution in [1.29, 1.82) is 0 Å². The van der Waals surface area contributed by atoms with Crippen molar-refractivity contribution in [2.75, 3.05) is 7.11 Å². The second-order valence-electron chi connectivity index (χ2n) is 4.19. The SMILES string of the molecule is COc1c(-c2cc(C(=O)O)[nH]n2)cc(C)c(C)c1Cl. The van der Waals surface area contributed by atoms with Gasteiger partial charge in [-0.25, -0.2) is 4.79 Å². The van der Waals surface area contributed by atoms with Crippen LogP contribution in [0.15, 0.2) is 12.1 Å². The number of nitrogens with zero attached hydrogens (tertiary/aromatic N) is 1. The Kier molecular flexibility index (Phi) is 3.48. The number of carboxylic acid groups (broad SMARTS) is 1. The lowest BCUT2D eigenvalue weighted by atomic mass is 10.0. The molecule has 1 aromatic carbocycles. The number of aromatic amines is 1. The van der Waals surface area contributed by atoms with Crippen LogP contribution in [0.3, 0.4) is 0 Å². The number of H-pyrrole nitrogens is 1. The van der Waals surface area contributed by atoms with Gasteiger partial charge in [0.05, 0.1) is 17.8 Å². The summed E-state index contributed by atoms with van der Waals surface area (Å²) in [5.74, 6) is -0.569. The molecule has 1 heterocycles. The third kappa shape index (κ3) is 2.29. The van der Waals surface area contributed by atoms with Gasteiger partial charge >= 0.3 is 5.97 Å². The Morgan fingerprint density at radius 2 is 2.11 bits per heavy atom. The lowest BCUT2D eigenvalue weighted by Gasteiger charge is -2.13. The van der Waals surface area contributed by atoms with E-state index < -0.39 is 5.97 Å². The van der Waals surface area contributed by atoms with E-state index in [2.05, 4.69) is 10.2 Å². The topological polar surface area (TPSA) is 75.2 Å². The summed E-state index contributed by atoms with van der Waals surface area (Å²) >= 11 is 6.24. The van der Waals surface area contributed by atoms with E-state index in [1.165, 1.54) is 13.2 Å². The van der Waals surface area contributed by atoms with E-state index in [-0.39, 0.29) is 5.69 Å². The van der Waals surface area contributed by atoms with Crippen LogP contribution in [0.25, 0.3) is 11.3 Å². The number of aromatic carboxylic acids is 1. The van der Waals surface area contributed by atoms with Crippen molar-refractivity contribution < 1.29 is 14.6 Å². The first-order chi connectivity index (χ1) is 8.95. The third-order valence-corrected chi connectivity index (χ3v) is 3.47. The fourth-order valence-electron chi connectivity index (χ4n) is 1.81. The molecule has 0 radical (unpaired) electrons. The molecular formula is C13H13ClN2O3. The Labute approximate surface area is 115 Å². The molecule has 0 aliphatic heterocycles. The number of carboxylic acids is 1. The molecule has 6 heteroatoms. The molecule has 1 aromatic heterocycles. The number of rotatable bonds is 3. The zero-order valence-electron chi connectivity index (χ0n) is 10.7. The number of hydrogen-bond acceptors (Lipinski definition) is 3. The van der Waals surface area contributed by atoms with Crippen LogP contribution in [0.5, 0.6) is 5.75 Å². The minimum absolute atomic E-state index is 0.0198. The summed E-state index contributed by atoms with van der Waals surface area (Å²) in [7, 11) is 1.52. The Morgan fingerprint density at radius 3 is 2.63 bits per heavy atom. The number of carbonyl (C=O) groups is 1. The Bertz CT molecular complexity index is 650. The molecule has 2 aromatic rings. The van der Waals surface area contributed by atoms with Gasteiger partial charge in [-0.1, -0.05) is 11.6 Å². The molecule has 19 heavy (non-hydrogen) atoms. The maximum atomic E-state index is 10.9. The van der Waals surface area contributed by atoms with Crippen LogP contribution in [-0.2, 0) is 0 Å². The monoisotopic (exact) mass is 280 g/mol. The maximum absolute atomic E-state index is 10.9. The fraction of sp³-hybridized carbons (Fsp3) is 0.231. The summed E-state index contributed by atoms with van der Waals surface area (Å²) in [6.45, 7) is 3.83. The smallest absolute Gasteiger partial charge is 0.353 e. The summed E-state index contributed by atoms with van der Waals surface area (Å²) in [5, 5.41) is 15.9. The van der Waals surface area contributed by atoms with Gasteiger partial charge < -0.3 is 9.84 Å². The molecule has 100 valence electrons. The van der Waals surface area contributed by atoms with Gasteiger partial charge in [-0.3, -0.25) is 5.10 Å². The maximum Gasteiger partial charge on any atom is 0.353 e. The van der Waals surface area contributed by atoms with Gasteiger partial charge in [0.15, 0.2) is 0 Å². The molecule has 0 unspecified atom stereocenters. The highest BCUT2D eigenvalue weighted by molar-refractivity contribution is 6.33. The molecule has 0 spiro atoms. The van der Waals surface area contributed by atoms with Crippen LogP contribution in [0.4, 0.5) is 0 Å². The molecule has 0 bridgehead atoms.